The first-order valence-electron chi connectivity index (χ1n) is 12.8. The number of hydrogen-bond acceptors (Lipinski definition) is 4. The van der Waals surface area contributed by atoms with Gasteiger partial charge in [-0.3, -0.25) is 0 Å². The van der Waals surface area contributed by atoms with E-state index in [1.807, 2.05) is 6.92 Å². The maximum Gasteiger partial charge on any atom is 0.0605 e. The van der Waals surface area contributed by atoms with E-state index in [2.05, 4.69) is 27.7 Å². The van der Waals surface area contributed by atoms with Gasteiger partial charge in [0.05, 0.1) is 24.4 Å². The zero-order chi connectivity index (χ0) is 22.0. The number of fused-ring (bicyclic) bond motifs is 5. The van der Waals surface area contributed by atoms with Crippen LogP contribution in [0.2, 0.25) is 0 Å². The van der Waals surface area contributed by atoms with E-state index in [-0.39, 0.29) is 47.1 Å². The van der Waals surface area contributed by atoms with E-state index in [9.17, 15) is 20.4 Å². The van der Waals surface area contributed by atoms with Gasteiger partial charge in [-0.25, -0.2) is 0 Å². The molecule has 4 N–H and O–H groups in total. The Morgan fingerprint density at radius 2 is 1.63 bits per heavy atom. The highest BCUT2D eigenvalue weighted by Gasteiger charge is 2.67. The summed E-state index contributed by atoms with van der Waals surface area (Å²) in [6, 6.07) is 0. The first-order valence-corrected chi connectivity index (χ1v) is 12.8. The summed E-state index contributed by atoms with van der Waals surface area (Å²) in [7, 11) is 0. The van der Waals surface area contributed by atoms with Crippen LogP contribution in [-0.4, -0.2) is 44.8 Å². The minimum atomic E-state index is -0.345. The van der Waals surface area contributed by atoms with E-state index in [0.29, 0.717) is 29.6 Å². The third kappa shape index (κ3) is 3.23. The van der Waals surface area contributed by atoms with Crippen molar-refractivity contribution in [3.05, 3.63) is 0 Å². The molecule has 0 radical (unpaired) electrons. The molecule has 0 unspecified atom stereocenters. The number of rotatable bonds is 4. The summed E-state index contributed by atoms with van der Waals surface area (Å²) in [4.78, 5) is 0. The molecule has 0 saturated heterocycles. The van der Waals surface area contributed by atoms with Crippen molar-refractivity contribution in [1.82, 2.24) is 0 Å². The van der Waals surface area contributed by atoms with Gasteiger partial charge in [-0.1, -0.05) is 34.1 Å². The summed E-state index contributed by atoms with van der Waals surface area (Å²) >= 11 is 0. The molecule has 4 rings (SSSR count). The fourth-order valence-electron chi connectivity index (χ4n) is 9.59. The van der Waals surface area contributed by atoms with Gasteiger partial charge in [-0.2, -0.15) is 0 Å². The Balaban J connectivity index is 1.70. The van der Waals surface area contributed by atoms with E-state index in [4.69, 9.17) is 0 Å². The van der Waals surface area contributed by atoms with Gasteiger partial charge in [-0.05, 0) is 104 Å². The topological polar surface area (TPSA) is 80.9 Å². The van der Waals surface area contributed by atoms with Crippen LogP contribution in [0.5, 0.6) is 0 Å². The van der Waals surface area contributed by atoms with Gasteiger partial charge in [0.1, 0.15) is 0 Å². The van der Waals surface area contributed by atoms with E-state index in [0.717, 1.165) is 51.4 Å². The zero-order valence-corrected chi connectivity index (χ0v) is 19.8. The Morgan fingerprint density at radius 1 is 0.933 bits per heavy atom. The van der Waals surface area contributed by atoms with Crippen molar-refractivity contribution in [2.45, 2.75) is 110 Å². The summed E-state index contributed by atoms with van der Waals surface area (Å²) in [5, 5.41) is 43.7. The van der Waals surface area contributed by atoms with Gasteiger partial charge in [0.2, 0.25) is 0 Å². The van der Waals surface area contributed by atoms with Gasteiger partial charge in [-0.15, -0.1) is 0 Å². The lowest BCUT2D eigenvalue weighted by atomic mass is 9.41. The van der Waals surface area contributed by atoms with E-state index < -0.39 is 0 Å². The van der Waals surface area contributed by atoms with Crippen LogP contribution >= 0.6 is 0 Å². The molecule has 4 aliphatic carbocycles. The third-order valence-electron chi connectivity index (χ3n) is 11.0. The average molecular weight is 423 g/mol. The van der Waals surface area contributed by atoms with Gasteiger partial charge >= 0.3 is 0 Å². The number of aliphatic hydroxyl groups excluding tert-OH is 4. The lowest BCUT2D eigenvalue weighted by molar-refractivity contribution is -0.228. The van der Waals surface area contributed by atoms with Crippen LogP contribution in [0.25, 0.3) is 0 Å². The summed E-state index contributed by atoms with van der Waals surface area (Å²) < 4.78 is 0. The summed E-state index contributed by atoms with van der Waals surface area (Å²) in [6.07, 6.45) is 6.16. The largest absolute Gasteiger partial charge is 0.393 e. The molecule has 0 bridgehead atoms. The molecule has 4 nitrogen and oxygen atoms in total. The van der Waals surface area contributed by atoms with Crippen LogP contribution in [0.3, 0.4) is 0 Å². The molecule has 13 atom stereocenters. The summed E-state index contributed by atoms with van der Waals surface area (Å²) in [6.45, 7) is 11.0. The monoisotopic (exact) mass is 422 g/mol. The fraction of sp³-hybridized carbons (Fsp3) is 1.00. The number of aliphatic hydroxyl groups is 4. The third-order valence-corrected chi connectivity index (χ3v) is 11.0. The van der Waals surface area contributed by atoms with Gasteiger partial charge in [0, 0.05) is 0 Å². The molecule has 4 saturated carbocycles. The lowest BCUT2D eigenvalue weighted by Crippen LogP contribution is -2.65. The fourth-order valence-corrected chi connectivity index (χ4v) is 9.59. The minimum absolute atomic E-state index is 0.107. The van der Waals surface area contributed by atoms with Crippen molar-refractivity contribution in [3.8, 4) is 0 Å². The predicted octanol–water partition coefficient (Wildman–Crippen LogP) is 3.99. The quantitative estimate of drug-likeness (QED) is 0.552. The zero-order valence-electron chi connectivity index (χ0n) is 19.8. The highest BCUT2D eigenvalue weighted by Crippen LogP contribution is 2.69. The van der Waals surface area contributed by atoms with Gasteiger partial charge in [0.15, 0.2) is 0 Å². The molecule has 30 heavy (non-hydrogen) atoms. The maximum atomic E-state index is 11.7. The smallest absolute Gasteiger partial charge is 0.0605 e. The van der Waals surface area contributed by atoms with E-state index in [1.165, 1.54) is 0 Å². The molecular weight excluding hydrogens is 376 g/mol. The summed E-state index contributed by atoms with van der Waals surface area (Å²) in [5.41, 5.74) is -0.0679. The van der Waals surface area contributed by atoms with Crippen LogP contribution in [-0.2, 0) is 0 Å². The number of hydrogen-bond donors (Lipinski definition) is 4. The Labute approximate surface area is 183 Å². The predicted molar refractivity (Wildman–Crippen MR) is 119 cm³/mol. The molecular formula is C26H46O4. The molecule has 0 aromatic heterocycles. The van der Waals surface area contributed by atoms with E-state index in [1.54, 1.807) is 0 Å². The second-order valence-electron chi connectivity index (χ2n) is 12.3. The van der Waals surface area contributed by atoms with Crippen LogP contribution in [0, 0.1) is 52.3 Å². The van der Waals surface area contributed by atoms with Crippen LogP contribution < -0.4 is 0 Å². The maximum absolute atomic E-state index is 11.7. The van der Waals surface area contributed by atoms with Gasteiger partial charge in [0.25, 0.3) is 0 Å². The Kier molecular flexibility index (Phi) is 6.14. The van der Waals surface area contributed by atoms with Crippen LogP contribution in [0.4, 0.5) is 0 Å². The molecule has 4 aliphatic rings. The molecule has 0 aromatic carbocycles. The first-order chi connectivity index (χ1) is 14.1. The normalized spacial score (nSPS) is 55.3. The molecule has 174 valence electrons. The van der Waals surface area contributed by atoms with Crippen molar-refractivity contribution in [1.29, 1.82) is 0 Å². The highest BCUT2D eigenvalue weighted by molar-refractivity contribution is 5.15. The van der Waals surface area contributed by atoms with Crippen molar-refractivity contribution >= 4 is 0 Å². The minimum Gasteiger partial charge on any atom is -0.393 e. The molecule has 0 amide bonds. The molecule has 0 aromatic rings. The molecule has 4 fully saturated rings. The van der Waals surface area contributed by atoms with Crippen molar-refractivity contribution in [2.75, 3.05) is 0 Å². The van der Waals surface area contributed by atoms with E-state index >= 15 is 0 Å². The van der Waals surface area contributed by atoms with Crippen molar-refractivity contribution < 1.29 is 20.4 Å². The molecule has 0 spiro atoms. The van der Waals surface area contributed by atoms with Crippen LogP contribution in [0.1, 0.15) is 86.0 Å². The lowest BCUT2D eigenvalue weighted by Gasteiger charge is -2.65. The second kappa shape index (κ2) is 8.01. The Bertz CT molecular complexity index is 622. The van der Waals surface area contributed by atoms with Crippen molar-refractivity contribution in [2.24, 2.45) is 52.3 Å². The molecule has 4 heteroatoms. The molecule has 0 heterocycles. The second-order valence-corrected chi connectivity index (χ2v) is 12.3. The Hall–Kier alpha value is -0.160. The average Bonchev–Trinajstić information content (AvgIpc) is 3.02. The van der Waals surface area contributed by atoms with Crippen molar-refractivity contribution in [3.63, 3.8) is 0 Å². The molecule has 0 aliphatic heterocycles. The first kappa shape index (κ1) is 23.0. The Morgan fingerprint density at radius 3 is 2.27 bits per heavy atom. The van der Waals surface area contributed by atoms with Gasteiger partial charge < -0.3 is 20.4 Å². The standard InChI is InChI=1S/C26H46O4/c1-6-17-20-12-16(28)9-10-25(20,4)21-13-22(29)26(5)18(14(2)11-15(3)27)7-8-19(26)23(21)24(17)30/h14-24,27-30H,6-13H2,1-5H3/t14-,15+,16-,17-,18-,19+,20+,21+,22+,23+,24-,25+,26-/m1/s1. The van der Waals surface area contributed by atoms with Crippen LogP contribution in [0.15, 0.2) is 0 Å². The SMILES string of the molecule is CC[C@H]1[C@@H](O)[C@@H]2[C@H](C[C@H](O)[C@]3(C)[C@@H]([C@H](C)C[C@H](C)O)CC[C@@H]23)[C@@]2(C)CC[C@@H](O)C[C@@H]12. The highest BCUT2D eigenvalue weighted by atomic mass is 16.3. The summed E-state index contributed by atoms with van der Waals surface area (Å²) in [5.74, 6) is 2.32.